The van der Waals surface area contributed by atoms with Crippen molar-refractivity contribution in [3.05, 3.63) is 41.0 Å². The summed E-state index contributed by atoms with van der Waals surface area (Å²) in [6.07, 6.45) is 4.04. The van der Waals surface area contributed by atoms with Crippen molar-refractivity contribution >= 4 is 22.6 Å². The number of nitrogens with one attached hydrogen (secondary N) is 2. The topological polar surface area (TPSA) is 110 Å². The Morgan fingerprint density at radius 2 is 2.13 bits per heavy atom. The first-order valence-electron chi connectivity index (χ1n) is 9.89. The molecule has 30 heavy (non-hydrogen) atoms. The first-order chi connectivity index (χ1) is 14.7. The van der Waals surface area contributed by atoms with Gasteiger partial charge in [0.15, 0.2) is 17.6 Å². The SMILES string of the molecule is COc1cc2[nH]c(NCCCC(=O)N3CCOCC3)cc(=O)c2cc1-c1cnco1. The number of carbonyl (C=O) groups is 1. The number of amides is 1. The van der Waals surface area contributed by atoms with Gasteiger partial charge in [0.05, 0.1) is 37.6 Å². The largest absolute Gasteiger partial charge is 0.496 e. The molecule has 9 heteroatoms. The highest BCUT2D eigenvalue weighted by Crippen LogP contribution is 2.32. The summed E-state index contributed by atoms with van der Waals surface area (Å²) < 4.78 is 16.1. The Morgan fingerprint density at radius 1 is 1.30 bits per heavy atom. The fourth-order valence-electron chi connectivity index (χ4n) is 3.52. The van der Waals surface area contributed by atoms with Crippen molar-refractivity contribution in [2.75, 3.05) is 45.3 Å². The van der Waals surface area contributed by atoms with Gasteiger partial charge in [-0.05, 0) is 12.5 Å². The summed E-state index contributed by atoms with van der Waals surface area (Å²) in [6.45, 7) is 3.09. The van der Waals surface area contributed by atoms with Crippen molar-refractivity contribution < 1.29 is 18.7 Å². The number of fused-ring (bicyclic) bond motifs is 1. The van der Waals surface area contributed by atoms with Crippen molar-refractivity contribution in [3.63, 3.8) is 0 Å². The molecule has 0 atom stereocenters. The van der Waals surface area contributed by atoms with E-state index in [-0.39, 0.29) is 11.3 Å². The van der Waals surface area contributed by atoms with Crippen LogP contribution in [0.2, 0.25) is 0 Å². The third-order valence-corrected chi connectivity index (χ3v) is 5.09. The standard InChI is InChI=1S/C21H24N4O5/c1-28-18-10-16-14(9-15(18)19-12-22-13-30-19)17(26)11-20(24-16)23-4-2-3-21(27)25-5-7-29-8-6-25/h9-13H,2-8H2,1H3,(H2,23,24,26). The minimum absolute atomic E-state index is 0.126. The van der Waals surface area contributed by atoms with E-state index in [4.69, 9.17) is 13.9 Å². The van der Waals surface area contributed by atoms with Crippen LogP contribution < -0.4 is 15.5 Å². The third kappa shape index (κ3) is 4.30. The maximum Gasteiger partial charge on any atom is 0.222 e. The van der Waals surface area contributed by atoms with Gasteiger partial charge in [-0.2, -0.15) is 0 Å². The lowest BCUT2D eigenvalue weighted by Gasteiger charge is -2.26. The molecule has 0 spiro atoms. The van der Waals surface area contributed by atoms with Crippen LogP contribution in [0.1, 0.15) is 12.8 Å². The van der Waals surface area contributed by atoms with Gasteiger partial charge in [0.2, 0.25) is 5.91 Å². The molecule has 1 aliphatic heterocycles. The molecule has 0 aliphatic carbocycles. The van der Waals surface area contributed by atoms with E-state index in [9.17, 15) is 9.59 Å². The molecule has 1 amide bonds. The van der Waals surface area contributed by atoms with Gasteiger partial charge in [-0.15, -0.1) is 0 Å². The second kappa shape index (κ2) is 9.00. The quantitative estimate of drug-likeness (QED) is 0.573. The van der Waals surface area contributed by atoms with Gasteiger partial charge < -0.3 is 29.1 Å². The third-order valence-electron chi connectivity index (χ3n) is 5.09. The Balaban J connectivity index is 1.44. The highest BCUT2D eigenvalue weighted by molar-refractivity contribution is 5.88. The van der Waals surface area contributed by atoms with Crippen LogP contribution >= 0.6 is 0 Å². The number of benzene rings is 1. The molecule has 0 saturated carbocycles. The number of aromatic amines is 1. The first-order valence-corrected chi connectivity index (χ1v) is 9.89. The fourth-order valence-corrected chi connectivity index (χ4v) is 3.52. The number of methoxy groups -OCH3 is 1. The Labute approximate surface area is 173 Å². The molecule has 0 bridgehead atoms. The highest BCUT2D eigenvalue weighted by Gasteiger charge is 2.16. The molecule has 1 aromatic carbocycles. The zero-order valence-corrected chi connectivity index (χ0v) is 16.8. The van der Waals surface area contributed by atoms with Crippen molar-refractivity contribution in [2.24, 2.45) is 0 Å². The molecule has 158 valence electrons. The first kappa shape index (κ1) is 20.0. The predicted molar refractivity (Wildman–Crippen MR) is 112 cm³/mol. The number of morpholine rings is 1. The number of ether oxygens (including phenoxy) is 2. The molecule has 3 heterocycles. The molecule has 2 N–H and O–H groups in total. The number of oxazole rings is 1. The Hall–Kier alpha value is -3.33. The van der Waals surface area contributed by atoms with Gasteiger partial charge in [0.1, 0.15) is 11.6 Å². The van der Waals surface area contributed by atoms with Crippen LogP contribution in [0.15, 0.2) is 40.0 Å². The van der Waals surface area contributed by atoms with Crippen molar-refractivity contribution in [3.8, 4) is 17.1 Å². The molecule has 4 rings (SSSR count). The molecular weight excluding hydrogens is 388 g/mol. The summed E-state index contributed by atoms with van der Waals surface area (Å²) >= 11 is 0. The molecule has 1 fully saturated rings. The van der Waals surface area contributed by atoms with Crippen molar-refractivity contribution in [1.29, 1.82) is 0 Å². The van der Waals surface area contributed by atoms with Crippen LogP contribution in [-0.4, -0.2) is 60.7 Å². The summed E-state index contributed by atoms with van der Waals surface area (Å²) in [6, 6.07) is 5.02. The Morgan fingerprint density at radius 3 is 2.87 bits per heavy atom. The van der Waals surface area contributed by atoms with Crippen LogP contribution in [0.25, 0.3) is 22.2 Å². The molecule has 1 aliphatic rings. The monoisotopic (exact) mass is 412 g/mol. The van der Waals surface area contributed by atoms with Gasteiger partial charge in [0, 0.05) is 43.6 Å². The Kier molecular flexibility index (Phi) is 5.99. The van der Waals surface area contributed by atoms with Gasteiger partial charge in [-0.3, -0.25) is 9.59 Å². The smallest absolute Gasteiger partial charge is 0.222 e. The number of H-pyrrole nitrogens is 1. The van der Waals surface area contributed by atoms with E-state index in [0.717, 1.165) is 0 Å². The zero-order chi connectivity index (χ0) is 20.9. The lowest BCUT2D eigenvalue weighted by molar-refractivity contribution is -0.135. The summed E-state index contributed by atoms with van der Waals surface area (Å²) in [5.41, 5.74) is 1.18. The van der Waals surface area contributed by atoms with Gasteiger partial charge in [-0.25, -0.2) is 4.98 Å². The van der Waals surface area contributed by atoms with E-state index in [1.54, 1.807) is 25.4 Å². The minimum Gasteiger partial charge on any atom is -0.496 e. The number of rotatable bonds is 7. The van der Waals surface area contributed by atoms with E-state index < -0.39 is 0 Å². The summed E-state index contributed by atoms with van der Waals surface area (Å²) in [5.74, 6) is 1.83. The Bertz CT molecular complexity index is 1070. The van der Waals surface area contributed by atoms with E-state index in [0.29, 0.717) is 79.5 Å². The molecule has 0 radical (unpaired) electrons. The van der Waals surface area contributed by atoms with E-state index in [1.807, 2.05) is 4.90 Å². The maximum atomic E-state index is 12.6. The number of nitrogens with zero attached hydrogens (tertiary/aromatic N) is 2. The van der Waals surface area contributed by atoms with Gasteiger partial charge >= 0.3 is 0 Å². The summed E-state index contributed by atoms with van der Waals surface area (Å²) in [4.78, 5) is 33.8. The van der Waals surface area contributed by atoms with Crippen molar-refractivity contribution in [2.45, 2.75) is 12.8 Å². The second-order valence-corrected chi connectivity index (χ2v) is 7.03. The van der Waals surface area contributed by atoms with E-state index in [1.165, 1.54) is 12.5 Å². The van der Waals surface area contributed by atoms with Crippen molar-refractivity contribution in [1.82, 2.24) is 14.9 Å². The zero-order valence-electron chi connectivity index (χ0n) is 16.8. The normalized spacial score (nSPS) is 14.1. The molecule has 2 aromatic heterocycles. The molecular formula is C21H24N4O5. The summed E-state index contributed by atoms with van der Waals surface area (Å²) in [7, 11) is 1.56. The molecule has 0 unspecified atom stereocenters. The van der Waals surface area contributed by atoms with Crippen LogP contribution in [0.4, 0.5) is 5.82 Å². The second-order valence-electron chi connectivity index (χ2n) is 7.03. The van der Waals surface area contributed by atoms with Crippen LogP contribution in [0.5, 0.6) is 5.75 Å². The fraction of sp³-hybridized carbons (Fsp3) is 0.381. The lowest BCUT2D eigenvalue weighted by Crippen LogP contribution is -2.40. The molecule has 9 nitrogen and oxygen atoms in total. The van der Waals surface area contributed by atoms with E-state index in [2.05, 4.69) is 15.3 Å². The number of carbonyl (C=O) groups excluding carboxylic acids is 1. The highest BCUT2D eigenvalue weighted by atomic mass is 16.5. The van der Waals surface area contributed by atoms with Crippen LogP contribution in [0, 0.1) is 0 Å². The van der Waals surface area contributed by atoms with Gasteiger partial charge in [-0.1, -0.05) is 0 Å². The van der Waals surface area contributed by atoms with E-state index >= 15 is 0 Å². The average Bonchev–Trinajstić information content (AvgIpc) is 3.31. The van der Waals surface area contributed by atoms with Crippen LogP contribution in [-0.2, 0) is 9.53 Å². The average molecular weight is 412 g/mol. The summed E-state index contributed by atoms with van der Waals surface area (Å²) in [5, 5.41) is 3.72. The molecule has 3 aromatic rings. The number of anilines is 1. The molecule has 1 saturated heterocycles. The number of aromatic nitrogens is 2. The number of pyridine rings is 1. The van der Waals surface area contributed by atoms with Crippen LogP contribution in [0.3, 0.4) is 0 Å². The predicted octanol–water partition coefficient (Wildman–Crippen LogP) is 2.24. The lowest BCUT2D eigenvalue weighted by atomic mass is 10.1. The maximum absolute atomic E-state index is 12.6. The van der Waals surface area contributed by atoms with Gasteiger partial charge in [0.25, 0.3) is 0 Å². The number of hydrogen-bond donors (Lipinski definition) is 2. The minimum atomic E-state index is -0.126. The number of hydrogen-bond acceptors (Lipinski definition) is 7.